The van der Waals surface area contributed by atoms with Crippen molar-refractivity contribution in [1.82, 2.24) is 19.7 Å². The maximum Gasteiger partial charge on any atom is 0.319 e. The minimum Gasteiger partial charge on any atom is -0.383 e. The summed E-state index contributed by atoms with van der Waals surface area (Å²) in [7, 11) is 1.62. The van der Waals surface area contributed by atoms with Crippen molar-refractivity contribution in [3.8, 4) is 0 Å². The molecule has 0 aromatic carbocycles. The van der Waals surface area contributed by atoms with Crippen LogP contribution in [0.25, 0.3) is 0 Å². The van der Waals surface area contributed by atoms with Gasteiger partial charge in [0.2, 0.25) is 5.13 Å². The summed E-state index contributed by atoms with van der Waals surface area (Å²) in [6.45, 7) is -1.35. The molecule has 0 saturated carbocycles. The standard InChI is InChI=1S/C10H13F2N5OS2/c1-18-5-3-14-9-15-16-10(20-9)19-6-7-13-2-4-17(7)8(11)12/h2,4,8H,3,5-6H2,1H3,(H,14,15). The third kappa shape index (κ3) is 4.12. The average molecular weight is 321 g/mol. The van der Waals surface area contributed by atoms with Crippen molar-refractivity contribution < 1.29 is 13.5 Å². The lowest BCUT2D eigenvalue weighted by Crippen LogP contribution is -2.06. The highest BCUT2D eigenvalue weighted by atomic mass is 32.2. The van der Waals surface area contributed by atoms with Crippen molar-refractivity contribution in [3.05, 3.63) is 18.2 Å². The summed E-state index contributed by atoms with van der Waals surface area (Å²) in [6.07, 6.45) is 2.62. The molecule has 0 radical (unpaired) electrons. The summed E-state index contributed by atoms with van der Waals surface area (Å²) in [4.78, 5) is 3.91. The first-order chi connectivity index (χ1) is 9.70. The molecule has 0 bridgehead atoms. The number of alkyl halides is 2. The zero-order chi connectivity index (χ0) is 14.4. The average Bonchev–Trinajstić information content (AvgIpc) is 3.05. The van der Waals surface area contributed by atoms with Crippen LogP contribution in [0.1, 0.15) is 12.4 Å². The van der Waals surface area contributed by atoms with Gasteiger partial charge in [0.05, 0.1) is 12.4 Å². The predicted molar refractivity (Wildman–Crippen MR) is 73.3 cm³/mol. The van der Waals surface area contributed by atoms with E-state index < -0.39 is 6.55 Å². The SMILES string of the molecule is COCCNc1nnc(SCc2nccn2C(F)F)s1. The largest absolute Gasteiger partial charge is 0.383 e. The first-order valence-electron chi connectivity index (χ1n) is 5.69. The lowest BCUT2D eigenvalue weighted by molar-refractivity contribution is 0.0678. The molecular formula is C10H13F2N5OS2. The number of imidazole rings is 1. The van der Waals surface area contributed by atoms with Crippen molar-refractivity contribution in [1.29, 1.82) is 0 Å². The molecule has 1 N–H and O–H groups in total. The number of hydrogen-bond acceptors (Lipinski definition) is 7. The van der Waals surface area contributed by atoms with Gasteiger partial charge >= 0.3 is 6.55 Å². The number of rotatable bonds is 8. The van der Waals surface area contributed by atoms with Crippen molar-refractivity contribution >= 4 is 28.2 Å². The molecule has 110 valence electrons. The molecule has 2 aromatic heterocycles. The van der Waals surface area contributed by atoms with Gasteiger partial charge in [0.15, 0.2) is 4.34 Å². The van der Waals surface area contributed by atoms with Gasteiger partial charge < -0.3 is 10.1 Å². The van der Waals surface area contributed by atoms with Gasteiger partial charge in [0, 0.05) is 26.0 Å². The Morgan fingerprint density at radius 1 is 1.50 bits per heavy atom. The van der Waals surface area contributed by atoms with E-state index in [2.05, 4.69) is 20.5 Å². The minimum absolute atomic E-state index is 0.314. The van der Waals surface area contributed by atoms with Crippen LogP contribution in [-0.2, 0) is 10.5 Å². The third-order valence-corrected chi connectivity index (χ3v) is 4.28. The van der Waals surface area contributed by atoms with Crippen LogP contribution in [0.3, 0.4) is 0 Å². The molecule has 2 rings (SSSR count). The maximum absolute atomic E-state index is 12.6. The minimum atomic E-state index is -2.58. The molecule has 0 amide bonds. The maximum atomic E-state index is 12.6. The van der Waals surface area contributed by atoms with Gasteiger partial charge in [0.1, 0.15) is 5.82 Å². The normalized spacial score (nSPS) is 11.2. The van der Waals surface area contributed by atoms with Crippen molar-refractivity contribution in [2.75, 3.05) is 25.6 Å². The number of methoxy groups -OCH3 is 1. The van der Waals surface area contributed by atoms with E-state index in [0.29, 0.717) is 34.2 Å². The molecule has 6 nitrogen and oxygen atoms in total. The van der Waals surface area contributed by atoms with E-state index in [1.165, 1.54) is 35.5 Å². The second-order valence-electron chi connectivity index (χ2n) is 3.61. The lowest BCUT2D eigenvalue weighted by Gasteiger charge is -2.04. The van der Waals surface area contributed by atoms with Crippen molar-refractivity contribution in [2.24, 2.45) is 0 Å². The summed E-state index contributed by atoms with van der Waals surface area (Å²) in [6, 6.07) is 0. The monoisotopic (exact) mass is 321 g/mol. The number of ether oxygens (including phenoxy) is 1. The number of aromatic nitrogens is 4. The predicted octanol–water partition coefficient (Wildman–Crippen LogP) is 2.48. The highest BCUT2D eigenvalue weighted by Gasteiger charge is 2.12. The van der Waals surface area contributed by atoms with Gasteiger partial charge in [-0.15, -0.1) is 10.2 Å². The Labute approximate surface area is 122 Å². The van der Waals surface area contributed by atoms with Crippen LogP contribution in [0.15, 0.2) is 16.7 Å². The molecule has 20 heavy (non-hydrogen) atoms. The summed E-state index contributed by atoms with van der Waals surface area (Å²) in [5, 5.41) is 11.7. The van der Waals surface area contributed by atoms with E-state index >= 15 is 0 Å². The van der Waals surface area contributed by atoms with E-state index in [-0.39, 0.29) is 0 Å². The van der Waals surface area contributed by atoms with Gasteiger partial charge in [0.25, 0.3) is 0 Å². The summed E-state index contributed by atoms with van der Waals surface area (Å²) in [5.74, 6) is 0.637. The Morgan fingerprint density at radius 2 is 2.35 bits per heavy atom. The van der Waals surface area contributed by atoms with E-state index in [4.69, 9.17) is 4.74 Å². The van der Waals surface area contributed by atoms with Crippen LogP contribution in [0.2, 0.25) is 0 Å². The zero-order valence-corrected chi connectivity index (χ0v) is 12.3. The molecule has 0 fully saturated rings. The molecule has 0 spiro atoms. The van der Waals surface area contributed by atoms with E-state index in [1.807, 2.05) is 0 Å². The first-order valence-corrected chi connectivity index (χ1v) is 7.50. The molecule has 0 aliphatic rings. The van der Waals surface area contributed by atoms with Crippen molar-refractivity contribution in [2.45, 2.75) is 16.6 Å². The smallest absolute Gasteiger partial charge is 0.319 e. The lowest BCUT2D eigenvalue weighted by atomic mass is 10.7. The second kappa shape index (κ2) is 7.50. The molecule has 0 saturated heterocycles. The van der Waals surface area contributed by atoms with Crippen LogP contribution in [-0.4, -0.2) is 40.0 Å². The highest BCUT2D eigenvalue weighted by molar-refractivity contribution is 8.00. The Kier molecular flexibility index (Phi) is 5.68. The molecule has 10 heteroatoms. The van der Waals surface area contributed by atoms with Gasteiger partial charge in [-0.3, -0.25) is 4.57 Å². The molecule has 0 atom stereocenters. The Bertz CT molecular complexity index is 533. The number of hydrogen-bond donors (Lipinski definition) is 1. The fourth-order valence-corrected chi connectivity index (χ4v) is 3.09. The van der Waals surface area contributed by atoms with E-state index in [0.717, 1.165) is 4.57 Å². The number of nitrogens with one attached hydrogen (secondary N) is 1. The van der Waals surface area contributed by atoms with E-state index in [1.54, 1.807) is 7.11 Å². The highest BCUT2D eigenvalue weighted by Crippen LogP contribution is 2.28. The van der Waals surface area contributed by atoms with Gasteiger partial charge in [-0.2, -0.15) is 8.78 Å². The summed E-state index contributed by atoms with van der Waals surface area (Å²) in [5.41, 5.74) is 0. The molecule has 0 aliphatic heterocycles. The van der Waals surface area contributed by atoms with Crippen LogP contribution in [0.4, 0.5) is 13.9 Å². The Balaban J connectivity index is 1.86. The molecule has 0 aliphatic carbocycles. The van der Waals surface area contributed by atoms with Crippen LogP contribution >= 0.6 is 23.1 Å². The Morgan fingerprint density at radius 3 is 3.10 bits per heavy atom. The molecule has 2 aromatic rings. The number of nitrogens with zero attached hydrogens (tertiary/aromatic N) is 4. The second-order valence-corrected chi connectivity index (χ2v) is 5.81. The van der Waals surface area contributed by atoms with Crippen LogP contribution < -0.4 is 5.32 Å². The fraction of sp³-hybridized carbons (Fsp3) is 0.500. The van der Waals surface area contributed by atoms with Gasteiger partial charge in [-0.1, -0.05) is 23.1 Å². The number of anilines is 1. The summed E-state index contributed by atoms with van der Waals surface area (Å²) < 4.78 is 31.7. The van der Waals surface area contributed by atoms with Crippen LogP contribution in [0.5, 0.6) is 0 Å². The van der Waals surface area contributed by atoms with E-state index in [9.17, 15) is 8.78 Å². The summed E-state index contributed by atoms with van der Waals surface area (Å²) >= 11 is 2.70. The number of halogens is 2. The van der Waals surface area contributed by atoms with Crippen molar-refractivity contribution in [3.63, 3.8) is 0 Å². The van der Waals surface area contributed by atoms with Gasteiger partial charge in [-0.05, 0) is 0 Å². The van der Waals surface area contributed by atoms with Crippen LogP contribution in [0, 0.1) is 0 Å². The first kappa shape index (κ1) is 15.1. The fourth-order valence-electron chi connectivity index (χ4n) is 1.36. The molecule has 2 heterocycles. The van der Waals surface area contributed by atoms with Gasteiger partial charge in [-0.25, -0.2) is 4.98 Å². The zero-order valence-electron chi connectivity index (χ0n) is 10.6. The quantitative estimate of drug-likeness (QED) is 0.595. The number of thioether (sulfide) groups is 1. The Hall–Kier alpha value is -1.26. The molecule has 0 unspecified atom stereocenters. The molecular weight excluding hydrogens is 308 g/mol. The topological polar surface area (TPSA) is 64.9 Å². The third-order valence-electron chi connectivity index (χ3n) is 2.27.